The van der Waals surface area contributed by atoms with Gasteiger partial charge in [-0.3, -0.25) is 4.79 Å². The van der Waals surface area contributed by atoms with Gasteiger partial charge in [0.15, 0.2) is 0 Å². The molecule has 12 heavy (non-hydrogen) atoms. The molecule has 0 spiro atoms. The summed E-state index contributed by atoms with van der Waals surface area (Å²) in [4.78, 5) is 10.7. The molecule has 0 unspecified atom stereocenters. The maximum atomic E-state index is 10.7. The highest BCUT2D eigenvalue weighted by Gasteiger charge is 2.17. The summed E-state index contributed by atoms with van der Waals surface area (Å²) in [5.41, 5.74) is 5.15. The fourth-order valence-corrected chi connectivity index (χ4v) is 1.70. The zero-order valence-electron chi connectivity index (χ0n) is 7.68. The molecular formula is C9H18N2O. The van der Waals surface area contributed by atoms with Gasteiger partial charge >= 0.3 is 0 Å². The van der Waals surface area contributed by atoms with Crippen molar-refractivity contribution in [2.75, 3.05) is 0 Å². The van der Waals surface area contributed by atoms with Crippen molar-refractivity contribution in [2.24, 2.45) is 5.73 Å². The van der Waals surface area contributed by atoms with Crippen LogP contribution in [0.1, 0.15) is 39.0 Å². The van der Waals surface area contributed by atoms with Crippen molar-refractivity contribution >= 4 is 5.91 Å². The molecule has 1 rings (SSSR count). The fourth-order valence-electron chi connectivity index (χ4n) is 1.70. The Labute approximate surface area is 73.7 Å². The first-order valence-electron chi connectivity index (χ1n) is 4.75. The normalized spacial score (nSPS) is 22.1. The summed E-state index contributed by atoms with van der Waals surface area (Å²) in [6, 6.07) is 0.342. The van der Waals surface area contributed by atoms with E-state index in [0.29, 0.717) is 6.04 Å². The number of nitrogens with one attached hydrogen (secondary N) is 1. The molecule has 0 bridgehead atoms. The first-order valence-corrected chi connectivity index (χ1v) is 4.75. The minimum atomic E-state index is -0.249. The van der Waals surface area contributed by atoms with Crippen molar-refractivity contribution in [3.05, 3.63) is 0 Å². The summed E-state index contributed by atoms with van der Waals surface area (Å²) < 4.78 is 0. The number of primary amides is 1. The van der Waals surface area contributed by atoms with Gasteiger partial charge in [-0.2, -0.15) is 0 Å². The van der Waals surface area contributed by atoms with E-state index in [1.807, 2.05) is 6.92 Å². The molecule has 1 saturated carbocycles. The number of nitrogens with two attached hydrogens (primary N) is 1. The largest absolute Gasteiger partial charge is 0.368 e. The van der Waals surface area contributed by atoms with Gasteiger partial charge < -0.3 is 11.1 Å². The highest BCUT2D eigenvalue weighted by Crippen LogP contribution is 2.17. The molecule has 0 aromatic rings. The van der Waals surface area contributed by atoms with Gasteiger partial charge in [-0.25, -0.2) is 0 Å². The first kappa shape index (κ1) is 9.52. The molecule has 1 aliphatic carbocycles. The molecule has 1 aliphatic rings. The van der Waals surface area contributed by atoms with Crippen LogP contribution in [0.25, 0.3) is 0 Å². The molecular weight excluding hydrogens is 152 g/mol. The maximum Gasteiger partial charge on any atom is 0.234 e. The third-order valence-corrected chi connectivity index (χ3v) is 2.52. The number of carbonyl (C=O) groups excluding carboxylic acids is 1. The van der Waals surface area contributed by atoms with Gasteiger partial charge in [-0.05, 0) is 19.8 Å². The summed E-state index contributed by atoms with van der Waals surface area (Å²) in [6.07, 6.45) is 6.28. The second-order valence-electron chi connectivity index (χ2n) is 3.63. The van der Waals surface area contributed by atoms with Gasteiger partial charge in [0.05, 0.1) is 6.04 Å². The second-order valence-corrected chi connectivity index (χ2v) is 3.63. The standard InChI is InChI=1S/C9H18N2O/c1-7(9(10)12)11-8-5-3-2-4-6-8/h7-8,11H,2-6H2,1H3,(H2,10,12)/t7-/m0/s1. The zero-order valence-corrected chi connectivity index (χ0v) is 7.68. The molecule has 0 aromatic carbocycles. The molecule has 1 fully saturated rings. The third kappa shape index (κ3) is 2.81. The average Bonchev–Trinajstić information content (AvgIpc) is 2.06. The van der Waals surface area contributed by atoms with Crippen molar-refractivity contribution in [1.82, 2.24) is 5.32 Å². The highest BCUT2D eigenvalue weighted by molar-refractivity contribution is 5.79. The summed E-state index contributed by atoms with van der Waals surface area (Å²) in [5.74, 6) is -0.249. The molecule has 0 saturated heterocycles. The Balaban J connectivity index is 2.24. The van der Waals surface area contributed by atoms with Crippen LogP contribution in [-0.4, -0.2) is 18.0 Å². The van der Waals surface area contributed by atoms with Crippen molar-refractivity contribution in [3.63, 3.8) is 0 Å². The molecule has 70 valence electrons. The topological polar surface area (TPSA) is 55.1 Å². The molecule has 0 aliphatic heterocycles. The van der Waals surface area contributed by atoms with E-state index in [4.69, 9.17) is 5.73 Å². The monoisotopic (exact) mass is 170 g/mol. The lowest BCUT2D eigenvalue weighted by molar-refractivity contribution is -0.119. The number of hydrogen-bond acceptors (Lipinski definition) is 2. The van der Waals surface area contributed by atoms with Crippen molar-refractivity contribution in [1.29, 1.82) is 0 Å². The lowest BCUT2D eigenvalue weighted by atomic mass is 9.95. The van der Waals surface area contributed by atoms with Crippen LogP contribution in [0.3, 0.4) is 0 Å². The van der Waals surface area contributed by atoms with Gasteiger partial charge in [0.25, 0.3) is 0 Å². The van der Waals surface area contributed by atoms with Gasteiger partial charge in [-0.1, -0.05) is 19.3 Å². The Morgan fingerprint density at radius 2 is 2.00 bits per heavy atom. The lowest BCUT2D eigenvalue weighted by Gasteiger charge is -2.25. The number of rotatable bonds is 3. The van der Waals surface area contributed by atoms with E-state index in [2.05, 4.69) is 5.32 Å². The summed E-state index contributed by atoms with van der Waals surface area (Å²) >= 11 is 0. The Morgan fingerprint density at radius 3 is 2.50 bits per heavy atom. The molecule has 3 nitrogen and oxygen atoms in total. The average molecular weight is 170 g/mol. The molecule has 3 N–H and O–H groups in total. The van der Waals surface area contributed by atoms with Crippen molar-refractivity contribution in [3.8, 4) is 0 Å². The van der Waals surface area contributed by atoms with Gasteiger partial charge in [0.1, 0.15) is 0 Å². The van der Waals surface area contributed by atoms with E-state index in [0.717, 1.165) is 0 Å². The van der Waals surface area contributed by atoms with Gasteiger partial charge in [0.2, 0.25) is 5.91 Å². The lowest BCUT2D eigenvalue weighted by Crippen LogP contribution is -2.45. The molecule has 0 aromatic heterocycles. The fraction of sp³-hybridized carbons (Fsp3) is 0.889. The Kier molecular flexibility index (Phi) is 3.53. The van der Waals surface area contributed by atoms with E-state index < -0.39 is 0 Å². The predicted molar refractivity (Wildman–Crippen MR) is 48.7 cm³/mol. The zero-order chi connectivity index (χ0) is 8.97. The molecule has 1 atom stereocenters. The number of amides is 1. The SMILES string of the molecule is C[C@H](NC1CCCCC1)C(N)=O. The number of carbonyl (C=O) groups is 1. The van der Waals surface area contributed by atoms with E-state index in [1.165, 1.54) is 32.1 Å². The van der Waals surface area contributed by atoms with Crippen LogP contribution in [0, 0.1) is 0 Å². The molecule has 0 heterocycles. The number of hydrogen-bond donors (Lipinski definition) is 2. The predicted octanol–water partition coefficient (Wildman–Crippen LogP) is 0.782. The third-order valence-electron chi connectivity index (χ3n) is 2.52. The van der Waals surface area contributed by atoms with Crippen LogP contribution in [-0.2, 0) is 4.79 Å². The van der Waals surface area contributed by atoms with Crippen LogP contribution in [0.2, 0.25) is 0 Å². The van der Waals surface area contributed by atoms with Crippen LogP contribution >= 0.6 is 0 Å². The van der Waals surface area contributed by atoms with Crippen molar-refractivity contribution in [2.45, 2.75) is 51.1 Å². The molecule has 3 heteroatoms. The van der Waals surface area contributed by atoms with E-state index in [9.17, 15) is 4.79 Å². The highest BCUT2D eigenvalue weighted by atomic mass is 16.1. The summed E-state index contributed by atoms with van der Waals surface area (Å²) in [7, 11) is 0. The van der Waals surface area contributed by atoms with E-state index in [1.54, 1.807) is 0 Å². The van der Waals surface area contributed by atoms with Crippen LogP contribution in [0.15, 0.2) is 0 Å². The summed E-state index contributed by atoms with van der Waals surface area (Å²) in [5, 5.41) is 3.24. The summed E-state index contributed by atoms with van der Waals surface area (Å²) in [6.45, 7) is 1.83. The van der Waals surface area contributed by atoms with Crippen molar-refractivity contribution < 1.29 is 4.79 Å². The minimum Gasteiger partial charge on any atom is -0.368 e. The minimum absolute atomic E-state index is 0.173. The van der Waals surface area contributed by atoms with Crippen LogP contribution in [0.4, 0.5) is 0 Å². The Hall–Kier alpha value is -0.570. The van der Waals surface area contributed by atoms with Crippen LogP contribution in [0.5, 0.6) is 0 Å². The molecule has 1 amide bonds. The Bertz CT molecular complexity index is 153. The smallest absolute Gasteiger partial charge is 0.234 e. The van der Waals surface area contributed by atoms with Gasteiger partial charge in [0, 0.05) is 6.04 Å². The second kappa shape index (κ2) is 4.45. The van der Waals surface area contributed by atoms with E-state index in [-0.39, 0.29) is 11.9 Å². The van der Waals surface area contributed by atoms with Crippen LogP contribution < -0.4 is 11.1 Å². The van der Waals surface area contributed by atoms with Gasteiger partial charge in [-0.15, -0.1) is 0 Å². The quantitative estimate of drug-likeness (QED) is 0.657. The maximum absolute atomic E-state index is 10.7. The Morgan fingerprint density at radius 1 is 1.42 bits per heavy atom. The van der Waals surface area contributed by atoms with E-state index >= 15 is 0 Å². The molecule has 0 radical (unpaired) electrons. The first-order chi connectivity index (χ1) is 5.70.